The zero-order valence-corrected chi connectivity index (χ0v) is 8.86. The van der Waals surface area contributed by atoms with Crippen molar-refractivity contribution in [2.24, 2.45) is 5.92 Å². The standard InChI is InChI=1S/C10H15NOS/c1-3-8(2)10(12)11-7-9-5-4-6-13-9/h4-6,8H,3,7H2,1-2H3,(H,11,12)/t8-/m1/s1. The third-order valence-electron chi connectivity index (χ3n) is 2.08. The average molecular weight is 197 g/mol. The second kappa shape index (κ2) is 5.02. The average Bonchev–Trinajstić information content (AvgIpc) is 2.65. The van der Waals surface area contributed by atoms with E-state index in [9.17, 15) is 4.79 Å². The number of nitrogens with one attached hydrogen (secondary N) is 1. The van der Waals surface area contributed by atoms with Gasteiger partial charge < -0.3 is 5.32 Å². The van der Waals surface area contributed by atoms with Gasteiger partial charge in [-0.05, 0) is 17.9 Å². The molecular formula is C10H15NOS. The van der Waals surface area contributed by atoms with E-state index in [-0.39, 0.29) is 11.8 Å². The molecule has 0 saturated heterocycles. The summed E-state index contributed by atoms with van der Waals surface area (Å²) >= 11 is 1.67. The number of rotatable bonds is 4. The predicted molar refractivity (Wildman–Crippen MR) is 55.6 cm³/mol. The van der Waals surface area contributed by atoms with E-state index in [0.29, 0.717) is 6.54 Å². The molecule has 1 aromatic rings. The van der Waals surface area contributed by atoms with E-state index in [4.69, 9.17) is 0 Å². The van der Waals surface area contributed by atoms with Gasteiger partial charge in [0.2, 0.25) is 5.91 Å². The van der Waals surface area contributed by atoms with Crippen molar-refractivity contribution in [1.82, 2.24) is 5.32 Å². The molecule has 0 aliphatic rings. The van der Waals surface area contributed by atoms with Crippen molar-refractivity contribution in [1.29, 1.82) is 0 Å². The predicted octanol–water partition coefficient (Wildman–Crippen LogP) is 2.41. The van der Waals surface area contributed by atoms with Crippen LogP contribution in [-0.4, -0.2) is 5.91 Å². The molecule has 1 heterocycles. The number of thiophene rings is 1. The van der Waals surface area contributed by atoms with E-state index in [0.717, 1.165) is 6.42 Å². The van der Waals surface area contributed by atoms with Crippen LogP contribution in [0.25, 0.3) is 0 Å². The molecule has 0 fully saturated rings. The molecule has 0 unspecified atom stereocenters. The van der Waals surface area contributed by atoms with Crippen LogP contribution in [0.4, 0.5) is 0 Å². The van der Waals surface area contributed by atoms with Crippen molar-refractivity contribution in [3.05, 3.63) is 22.4 Å². The van der Waals surface area contributed by atoms with Gasteiger partial charge in [0.05, 0.1) is 6.54 Å². The highest BCUT2D eigenvalue weighted by atomic mass is 32.1. The fourth-order valence-corrected chi connectivity index (χ4v) is 1.59. The number of carbonyl (C=O) groups is 1. The van der Waals surface area contributed by atoms with Crippen molar-refractivity contribution >= 4 is 17.2 Å². The van der Waals surface area contributed by atoms with E-state index in [1.54, 1.807) is 11.3 Å². The summed E-state index contributed by atoms with van der Waals surface area (Å²) in [4.78, 5) is 12.6. The lowest BCUT2D eigenvalue weighted by atomic mass is 10.1. The third-order valence-corrected chi connectivity index (χ3v) is 2.95. The molecule has 1 N–H and O–H groups in total. The van der Waals surface area contributed by atoms with Crippen LogP contribution in [-0.2, 0) is 11.3 Å². The molecule has 2 nitrogen and oxygen atoms in total. The van der Waals surface area contributed by atoms with Gasteiger partial charge in [-0.15, -0.1) is 11.3 Å². The lowest BCUT2D eigenvalue weighted by Gasteiger charge is -2.08. The van der Waals surface area contributed by atoms with Gasteiger partial charge in [0.15, 0.2) is 0 Å². The van der Waals surface area contributed by atoms with Crippen LogP contribution in [0.15, 0.2) is 17.5 Å². The van der Waals surface area contributed by atoms with Crippen molar-refractivity contribution in [3.8, 4) is 0 Å². The molecular weight excluding hydrogens is 182 g/mol. The molecule has 0 bridgehead atoms. The molecule has 1 atom stereocenters. The number of hydrogen-bond acceptors (Lipinski definition) is 2. The van der Waals surface area contributed by atoms with Gasteiger partial charge in [-0.25, -0.2) is 0 Å². The third kappa shape index (κ3) is 3.19. The molecule has 0 saturated carbocycles. The minimum Gasteiger partial charge on any atom is -0.351 e. The van der Waals surface area contributed by atoms with E-state index in [2.05, 4.69) is 5.32 Å². The molecule has 13 heavy (non-hydrogen) atoms. The van der Waals surface area contributed by atoms with Crippen molar-refractivity contribution < 1.29 is 4.79 Å². The van der Waals surface area contributed by atoms with Gasteiger partial charge >= 0.3 is 0 Å². The highest BCUT2D eigenvalue weighted by Crippen LogP contribution is 2.08. The van der Waals surface area contributed by atoms with Gasteiger partial charge in [0.25, 0.3) is 0 Å². The maximum Gasteiger partial charge on any atom is 0.223 e. The molecule has 3 heteroatoms. The summed E-state index contributed by atoms with van der Waals surface area (Å²) in [6.07, 6.45) is 0.899. The molecule has 0 aromatic carbocycles. The van der Waals surface area contributed by atoms with Crippen LogP contribution >= 0.6 is 11.3 Å². The van der Waals surface area contributed by atoms with Gasteiger partial charge in [0, 0.05) is 10.8 Å². The highest BCUT2D eigenvalue weighted by molar-refractivity contribution is 7.09. The zero-order chi connectivity index (χ0) is 9.68. The summed E-state index contributed by atoms with van der Waals surface area (Å²) in [5, 5.41) is 4.93. The van der Waals surface area contributed by atoms with Crippen molar-refractivity contribution in [2.75, 3.05) is 0 Å². The maximum atomic E-state index is 11.4. The zero-order valence-electron chi connectivity index (χ0n) is 8.04. The Hall–Kier alpha value is -0.830. The molecule has 1 aromatic heterocycles. The van der Waals surface area contributed by atoms with Gasteiger partial charge in [-0.1, -0.05) is 19.9 Å². The number of hydrogen-bond donors (Lipinski definition) is 1. The SMILES string of the molecule is CC[C@@H](C)C(=O)NCc1cccs1. The second-order valence-electron chi connectivity index (χ2n) is 3.11. The summed E-state index contributed by atoms with van der Waals surface area (Å²) in [7, 11) is 0. The first-order chi connectivity index (χ1) is 6.24. The lowest BCUT2D eigenvalue weighted by molar-refractivity contribution is -0.124. The minimum absolute atomic E-state index is 0.125. The largest absolute Gasteiger partial charge is 0.351 e. The molecule has 0 radical (unpaired) electrons. The Morgan fingerprint density at radius 2 is 2.46 bits per heavy atom. The Balaban J connectivity index is 2.31. The van der Waals surface area contributed by atoms with Crippen LogP contribution in [0, 0.1) is 5.92 Å². The van der Waals surface area contributed by atoms with E-state index in [1.165, 1.54) is 4.88 Å². The summed E-state index contributed by atoms with van der Waals surface area (Å²) in [6, 6.07) is 4.02. The highest BCUT2D eigenvalue weighted by Gasteiger charge is 2.09. The molecule has 1 rings (SSSR count). The Morgan fingerprint density at radius 1 is 1.69 bits per heavy atom. The van der Waals surface area contributed by atoms with E-state index < -0.39 is 0 Å². The van der Waals surface area contributed by atoms with E-state index >= 15 is 0 Å². The summed E-state index contributed by atoms with van der Waals surface area (Å²) < 4.78 is 0. The first-order valence-electron chi connectivity index (χ1n) is 4.54. The Bertz CT molecular complexity index is 256. The Labute approximate surface area is 83.0 Å². The van der Waals surface area contributed by atoms with Crippen molar-refractivity contribution in [2.45, 2.75) is 26.8 Å². The van der Waals surface area contributed by atoms with Crippen LogP contribution in [0.5, 0.6) is 0 Å². The summed E-state index contributed by atoms with van der Waals surface area (Å²) in [5.41, 5.74) is 0. The van der Waals surface area contributed by atoms with Gasteiger partial charge in [-0.3, -0.25) is 4.79 Å². The molecule has 0 aliphatic carbocycles. The van der Waals surface area contributed by atoms with Crippen LogP contribution < -0.4 is 5.32 Å². The Kier molecular flexibility index (Phi) is 3.96. The first kappa shape index (κ1) is 10.3. The van der Waals surface area contributed by atoms with Gasteiger partial charge in [0.1, 0.15) is 0 Å². The molecule has 0 spiro atoms. The second-order valence-corrected chi connectivity index (χ2v) is 4.14. The minimum atomic E-state index is 0.125. The topological polar surface area (TPSA) is 29.1 Å². The first-order valence-corrected chi connectivity index (χ1v) is 5.42. The normalized spacial score (nSPS) is 12.5. The smallest absolute Gasteiger partial charge is 0.223 e. The Morgan fingerprint density at radius 3 is 3.00 bits per heavy atom. The van der Waals surface area contributed by atoms with Crippen LogP contribution in [0.3, 0.4) is 0 Å². The number of carbonyl (C=O) groups excluding carboxylic acids is 1. The molecule has 72 valence electrons. The summed E-state index contributed by atoms with van der Waals surface area (Å²) in [5.74, 6) is 0.274. The maximum absolute atomic E-state index is 11.4. The summed E-state index contributed by atoms with van der Waals surface area (Å²) in [6.45, 7) is 4.64. The lowest BCUT2D eigenvalue weighted by Crippen LogP contribution is -2.27. The van der Waals surface area contributed by atoms with Crippen molar-refractivity contribution in [3.63, 3.8) is 0 Å². The van der Waals surface area contributed by atoms with E-state index in [1.807, 2.05) is 31.4 Å². The quantitative estimate of drug-likeness (QED) is 0.789. The number of amides is 1. The molecule has 1 amide bonds. The van der Waals surface area contributed by atoms with Gasteiger partial charge in [-0.2, -0.15) is 0 Å². The fourth-order valence-electron chi connectivity index (χ4n) is 0.947. The van der Waals surface area contributed by atoms with Crippen LogP contribution in [0.1, 0.15) is 25.1 Å². The fraction of sp³-hybridized carbons (Fsp3) is 0.500. The monoisotopic (exact) mass is 197 g/mol. The van der Waals surface area contributed by atoms with Crippen LogP contribution in [0.2, 0.25) is 0 Å². The molecule has 0 aliphatic heterocycles.